The van der Waals surface area contributed by atoms with Crippen LogP contribution in [0.3, 0.4) is 0 Å². The molecule has 2 aromatic carbocycles. The lowest BCUT2D eigenvalue weighted by Gasteiger charge is -2.19. The van der Waals surface area contributed by atoms with E-state index in [1.165, 1.54) is 6.07 Å². The Morgan fingerprint density at radius 2 is 1.74 bits per heavy atom. The van der Waals surface area contributed by atoms with E-state index in [4.69, 9.17) is 9.47 Å². The summed E-state index contributed by atoms with van der Waals surface area (Å²) in [6, 6.07) is 14.2. The first-order valence-electron chi connectivity index (χ1n) is 8.69. The van der Waals surface area contributed by atoms with Crippen LogP contribution in [0.2, 0.25) is 0 Å². The van der Waals surface area contributed by atoms with E-state index in [9.17, 15) is 4.39 Å². The summed E-state index contributed by atoms with van der Waals surface area (Å²) in [7, 11) is 1.61. The van der Waals surface area contributed by atoms with E-state index in [2.05, 4.69) is 15.6 Å². The molecule has 0 aliphatic rings. The van der Waals surface area contributed by atoms with E-state index in [0.29, 0.717) is 36.1 Å². The van der Waals surface area contributed by atoms with Gasteiger partial charge >= 0.3 is 0 Å². The van der Waals surface area contributed by atoms with Crippen molar-refractivity contribution in [2.45, 2.75) is 26.5 Å². The molecular weight excluding hydrogens is 460 g/mol. The number of aliphatic imine (C=N–C) groups is 1. The van der Waals surface area contributed by atoms with Crippen molar-refractivity contribution in [3.8, 4) is 11.5 Å². The second-order valence-electron chi connectivity index (χ2n) is 5.75. The first kappa shape index (κ1) is 23.0. The highest BCUT2D eigenvalue weighted by atomic mass is 127. The normalized spacial score (nSPS) is 11.9. The maximum atomic E-state index is 13.7. The maximum Gasteiger partial charge on any atom is 0.191 e. The van der Waals surface area contributed by atoms with Crippen molar-refractivity contribution < 1.29 is 13.9 Å². The van der Waals surface area contributed by atoms with Gasteiger partial charge in [-0.1, -0.05) is 30.3 Å². The molecule has 27 heavy (non-hydrogen) atoms. The van der Waals surface area contributed by atoms with Crippen molar-refractivity contribution in [1.29, 1.82) is 0 Å². The number of hydrogen-bond donors (Lipinski definition) is 2. The highest BCUT2D eigenvalue weighted by molar-refractivity contribution is 14.0. The Kier molecular flexibility index (Phi) is 10.5. The second-order valence-corrected chi connectivity index (χ2v) is 5.75. The van der Waals surface area contributed by atoms with Crippen molar-refractivity contribution >= 4 is 29.9 Å². The molecule has 0 aliphatic carbocycles. The van der Waals surface area contributed by atoms with Crippen molar-refractivity contribution in [3.63, 3.8) is 0 Å². The average Bonchev–Trinajstić information content (AvgIpc) is 2.65. The standard InChI is InChI=1S/C20H26FN3O2.HI/c1-4-22-20(24-14-16-9-5-6-10-17(16)21)23-13-15(2)26-19-12-8-7-11-18(19)25-3;/h5-12,15H,4,13-14H2,1-3H3,(H2,22,23,24);1H. The van der Waals surface area contributed by atoms with Gasteiger partial charge in [-0.25, -0.2) is 9.38 Å². The molecule has 7 heteroatoms. The largest absolute Gasteiger partial charge is 0.493 e. The molecule has 5 nitrogen and oxygen atoms in total. The number of benzene rings is 2. The van der Waals surface area contributed by atoms with Gasteiger partial charge < -0.3 is 20.1 Å². The zero-order chi connectivity index (χ0) is 18.8. The molecule has 148 valence electrons. The smallest absolute Gasteiger partial charge is 0.191 e. The van der Waals surface area contributed by atoms with Crippen LogP contribution in [0.15, 0.2) is 53.5 Å². The maximum absolute atomic E-state index is 13.7. The van der Waals surface area contributed by atoms with Crippen LogP contribution in [0.4, 0.5) is 4.39 Å². The number of para-hydroxylation sites is 2. The lowest BCUT2D eigenvalue weighted by Crippen LogP contribution is -2.41. The summed E-state index contributed by atoms with van der Waals surface area (Å²) in [5.74, 6) is 1.75. The van der Waals surface area contributed by atoms with Gasteiger partial charge in [-0.15, -0.1) is 24.0 Å². The molecule has 2 N–H and O–H groups in total. The highest BCUT2D eigenvalue weighted by Crippen LogP contribution is 2.26. The van der Waals surface area contributed by atoms with Gasteiger partial charge in [0, 0.05) is 12.1 Å². The molecular formula is C20H27FIN3O2. The van der Waals surface area contributed by atoms with E-state index in [1.54, 1.807) is 25.3 Å². The number of halogens is 2. The molecule has 0 saturated heterocycles. The molecule has 1 atom stereocenters. The third-order valence-electron chi connectivity index (χ3n) is 3.66. The quantitative estimate of drug-likeness (QED) is 0.336. The third kappa shape index (κ3) is 7.62. The van der Waals surface area contributed by atoms with E-state index >= 15 is 0 Å². The lowest BCUT2D eigenvalue weighted by atomic mass is 10.2. The molecule has 0 aromatic heterocycles. The van der Waals surface area contributed by atoms with Gasteiger partial charge in [0.25, 0.3) is 0 Å². The van der Waals surface area contributed by atoms with Gasteiger partial charge in [0.1, 0.15) is 11.9 Å². The summed E-state index contributed by atoms with van der Waals surface area (Å²) < 4.78 is 24.9. The van der Waals surface area contributed by atoms with E-state index < -0.39 is 0 Å². The zero-order valence-corrected chi connectivity index (χ0v) is 18.2. The highest BCUT2D eigenvalue weighted by Gasteiger charge is 2.09. The van der Waals surface area contributed by atoms with E-state index in [-0.39, 0.29) is 42.4 Å². The minimum atomic E-state index is -0.250. The Bertz CT molecular complexity index is 728. The molecule has 2 aromatic rings. The van der Waals surface area contributed by atoms with Crippen LogP contribution in [-0.2, 0) is 6.54 Å². The molecule has 0 saturated carbocycles. The van der Waals surface area contributed by atoms with E-state index in [0.717, 1.165) is 0 Å². The first-order chi connectivity index (χ1) is 12.6. The van der Waals surface area contributed by atoms with Gasteiger partial charge in [-0.3, -0.25) is 0 Å². The summed E-state index contributed by atoms with van der Waals surface area (Å²) >= 11 is 0. The number of ether oxygens (including phenoxy) is 2. The predicted octanol–water partition coefficient (Wildman–Crippen LogP) is 3.97. The topological polar surface area (TPSA) is 54.9 Å². The van der Waals surface area contributed by atoms with Crippen LogP contribution in [0, 0.1) is 5.82 Å². The van der Waals surface area contributed by atoms with Gasteiger partial charge in [-0.05, 0) is 32.0 Å². The number of rotatable bonds is 8. The molecule has 0 amide bonds. The fourth-order valence-electron chi connectivity index (χ4n) is 2.35. The molecule has 0 aliphatic heterocycles. The number of nitrogens with one attached hydrogen (secondary N) is 2. The Balaban J connectivity index is 0.00000364. The monoisotopic (exact) mass is 487 g/mol. The summed E-state index contributed by atoms with van der Waals surface area (Å²) in [6.07, 6.45) is -0.108. The van der Waals surface area contributed by atoms with Crippen LogP contribution < -0.4 is 20.1 Å². The van der Waals surface area contributed by atoms with Crippen molar-refractivity contribution in [2.75, 3.05) is 20.2 Å². The lowest BCUT2D eigenvalue weighted by molar-refractivity contribution is 0.213. The molecule has 0 bridgehead atoms. The minimum absolute atomic E-state index is 0. The van der Waals surface area contributed by atoms with Crippen LogP contribution >= 0.6 is 24.0 Å². The van der Waals surface area contributed by atoms with Crippen LogP contribution in [0.1, 0.15) is 19.4 Å². The van der Waals surface area contributed by atoms with Gasteiger partial charge in [0.15, 0.2) is 17.5 Å². The number of hydrogen-bond acceptors (Lipinski definition) is 3. The molecule has 2 rings (SSSR count). The van der Waals surface area contributed by atoms with Gasteiger partial charge in [0.05, 0.1) is 20.2 Å². The fourth-order valence-corrected chi connectivity index (χ4v) is 2.35. The molecule has 0 spiro atoms. The Hall–Kier alpha value is -2.03. The molecule has 0 heterocycles. The summed E-state index contributed by atoms with van der Waals surface area (Å²) in [5.41, 5.74) is 0.558. The SMILES string of the molecule is CCNC(=NCc1ccccc1F)NCC(C)Oc1ccccc1OC.I. The summed E-state index contributed by atoms with van der Waals surface area (Å²) in [6.45, 7) is 5.46. The number of nitrogens with zero attached hydrogens (tertiary/aromatic N) is 1. The van der Waals surface area contributed by atoms with Crippen LogP contribution in [-0.4, -0.2) is 32.3 Å². The predicted molar refractivity (Wildman–Crippen MR) is 118 cm³/mol. The van der Waals surface area contributed by atoms with Crippen LogP contribution in [0.25, 0.3) is 0 Å². The Morgan fingerprint density at radius 1 is 1.07 bits per heavy atom. The van der Waals surface area contributed by atoms with Gasteiger partial charge in [-0.2, -0.15) is 0 Å². The molecule has 0 radical (unpaired) electrons. The summed E-state index contributed by atoms with van der Waals surface area (Å²) in [4.78, 5) is 4.43. The van der Waals surface area contributed by atoms with Gasteiger partial charge in [0.2, 0.25) is 0 Å². The minimum Gasteiger partial charge on any atom is -0.493 e. The molecule has 1 unspecified atom stereocenters. The summed E-state index contributed by atoms with van der Waals surface area (Å²) in [5, 5.41) is 6.37. The van der Waals surface area contributed by atoms with Crippen molar-refractivity contribution in [3.05, 3.63) is 59.9 Å². The number of methoxy groups -OCH3 is 1. The second kappa shape index (κ2) is 12.4. The van der Waals surface area contributed by atoms with Crippen molar-refractivity contribution in [2.24, 2.45) is 4.99 Å². The van der Waals surface area contributed by atoms with E-state index in [1.807, 2.05) is 38.1 Å². The zero-order valence-electron chi connectivity index (χ0n) is 15.9. The third-order valence-corrected chi connectivity index (χ3v) is 3.66. The fraction of sp³-hybridized carbons (Fsp3) is 0.350. The molecule has 0 fully saturated rings. The number of guanidine groups is 1. The Morgan fingerprint density at radius 3 is 2.41 bits per heavy atom. The average molecular weight is 487 g/mol. The Labute approximate surface area is 177 Å². The first-order valence-corrected chi connectivity index (χ1v) is 8.69. The van der Waals surface area contributed by atoms with Crippen molar-refractivity contribution in [1.82, 2.24) is 10.6 Å². The van der Waals surface area contributed by atoms with Crippen LogP contribution in [0.5, 0.6) is 11.5 Å².